The van der Waals surface area contributed by atoms with Gasteiger partial charge in [-0.2, -0.15) is 0 Å². The normalized spacial score (nSPS) is 13.6. The van der Waals surface area contributed by atoms with Crippen molar-refractivity contribution in [2.45, 2.75) is 71.4 Å². The molecule has 1 aliphatic rings. The van der Waals surface area contributed by atoms with E-state index < -0.39 is 17.0 Å². The number of hydrogen-bond donors (Lipinski definition) is 2. The molecule has 53 heavy (non-hydrogen) atoms. The Morgan fingerprint density at radius 1 is 0.830 bits per heavy atom. The summed E-state index contributed by atoms with van der Waals surface area (Å²) in [5.41, 5.74) is 4.85. The van der Waals surface area contributed by atoms with Crippen molar-refractivity contribution in [2.24, 2.45) is 0 Å². The largest absolute Gasteiger partial charge is 0.459 e. The van der Waals surface area contributed by atoms with Gasteiger partial charge in [-0.25, -0.2) is 10.5 Å². The second-order valence-electron chi connectivity index (χ2n) is 14.7. The van der Waals surface area contributed by atoms with Crippen molar-refractivity contribution in [3.8, 4) is 28.6 Å². The maximum atomic E-state index is 14.1. The quantitative estimate of drug-likeness (QED) is 0.0562. The lowest BCUT2D eigenvalue weighted by Crippen LogP contribution is -2.47. The first kappa shape index (κ1) is 37.4. The topological polar surface area (TPSA) is 125 Å². The van der Waals surface area contributed by atoms with E-state index in [4.69, 9.17) is 38.4 Å². The molecule has 0 bridgehead atoms. The molecule has 0 unspecified atom stereocenters. The highest BCUT2D eigenvalue weighted by Gasteiger charge is 2.47. The Morgan fingerprint density at radius 2 is 1.47 bits per heavy atom. The molecule has 0 saturated heterocycles. The molecule has 0 amide bonds. The number of fused-ring (bicyclic) bond motifs is 3. The van der Waals surface area contributed by atoms with Gasteiger partial charge in [0.1, 0.15) is 0 Å². The third-order valence-corrected chi connectivity index (χ3v) is 8.20. The summed E-state index contributed by atoms with van der Waals surface area (Å²) >= 11 is 0. The highest BCUT2D eigenvalue weighted by atomic mass is 16.7. The van der Waals surface area contributed by atoms with Gasteiger partial charge in [-0.15, -0.1) is 0 Å². The van der Waals surface area contributed by atoms with Gasteiger partial charge in [0.05, 0.1) is 16.6 Å². The third kappa shape index (κ3) is 8.49. The van der Waals surface area contributed by atoms with Crippen LogP contribution in [0.1, 0.15) is 64.7 Å². The summed E-state index contributed by atoms with van der Waals surface area (Å²) in [5.74, 6) is -0.251. The Labute approximate surface area is 309 Å². The van der Waals surface area contributed by atoms with Crippen molar-refractivity contribution < 1.29 is 33.0 Å². The first-order chi connectivity index (χ1) is 25.3. The van der Waals surface area contributed by atoms with E-state index in [0.717, 1.165) is 16.7 Å². The summed E-state index contributed by atoms with van der Waals surface area (Å²) in [6, 6.07) is 30.5. The Kier molecular flexibility index (Phi) is 10.8. The van der Waals surface area contributed by atoms with Crippen molar-refractivity contribution in [1.29, 1.82) is 5.41 Å². The van der Waals surface area contributed by atoms with Gasteiger partial charge in [0, 0.05) is 30.3 Å². The van der Waals surface area contributed by atoms with Crippen molar-refractivity contribution in [3.05, 3.63) is 124 Å². The predicted octanol–water partition coefficient (Wildman–Crippen LogP) is 8.33. The number of nitrogens with zero attached hydrogens (tertiary/aromatic N) is 1. The molecule has 0 saturated carbocycles. The van der Waals surface area contributed by atoms with Crippen molar-refractivity contribution in [2.75, 3.05) is 20.4 Å². The molecule has 6 rings (SSSR count). The van der Waals surface area contributed by atoms with E-state index >= 15 is 0 Å². The molecule has 0 aliphatic carbocycles. The number of guanidine groups is 1. The Hall–Kier alpha value is -5.36. The van der Waals surface area contributed by atoms with E-state index in [-0.39, 0.29) is 40.7 Å². The van der Waals surface area contributed by atoms with Crippen LogP contribution < -0.4 is 25.1 Å². The van der Waals surface area contributed by atoms with E-state index in [9.17, 15) is 4.79 Å². The third-order valence-electron chi connectivity index (χ3n) is 8.20. The average molecular weight is 722 g/mol. The number of rotatable bonds is 12. The molecule has 0 fully saturated rings. The zero-order valence-corrected chi connectivity index (χ0v) is 31.3. The van der Waals surface area contributed by atoms with Crippen LogP contribution in [0.4, 0.5) is 0 Å². The number of methoxy groups -OCH3 is 1. The lowest BCUT2D eigenvalue weighted by molar-refractivity contribution is -0.192. The van der Waals surface area contributed by atoms with Gasteiger partial charge >= 0.3 is 5.79 Å². The van der Waals surface area contributed by atoms with Crippen LogP contribution in [0.3, 0.4) is 0 Å². The second kappa shape index (κ2) is 15.3. The fourth-order valence-corrected chi connectivity index (χ4v) is 5.89. The molecule has 0 radical (unpaired) electrons. The molecule has 278 valence electrons. The molecular formula is C42H47N3O8. The van der Waals surface area contributed by atoms with E-state index in [2.05, 4.69) is 5.48 Å². The van der Waals surface area contributed by atoms with Gasteiger partial charge in [-0.05, 0) is 72.1 Å². The van der Waals surface area contributed by atoms with Crippen LogP contribution in [-0.2, 0) is 26.6 Å². The summed E-state index contributed by atoms with van der Waals surface area (Å²) in [6.45, 7) is 11.8. The molecule has 11 heteroatoms. The van der Waals surface area contributed by atoms with Crippen LogP contribution in [0.25, 0.3) is 22.3 Å². The lowest BCUT2D eigenvalue weighted by atomic mass is 9.97. The number of aryl methyl sites for hydroxylation is 1. The summed E-state index contributed by atoms with van der Waals surface area (Å²) in [4.78, 5) is 25.7. The smallest absolute Gasteiger partial charge is 0.305 e. The number of hydroxylamine groups is 3. The Balaban J connectivity index is 1.30. The number of ether oxygens (including phenoxy) is 4. The summed E-state index contributed by atoms with van der Waals surface area (Å²) in [5, 5.41) is 10.3. The Morgan fingerprint density at radius 3 is 2.06 bits per heavy atom. The molecule has 11 nitrogen and oxygen atoms in total. The van der Waals surface area contributed by atoms with Crippen LogP contribution in [0.15, 0.2) is 106 Å². The van der Waals surface area contributed by atoms with Crippen LogP contribution in [0.2, 0.25) is 0 Å². The maximum Gasteiger partial charge on any atom is 0.305 e. The molecule has 1 aliphatic heterocycles. The monoisotopic (exact) mass is 721 g/mol. The predicted molar refractivity (Wildman–Crippen MR) is 203 cm³/mol. The average Bonchev–Trinajstić information content (AvgIpc) is 3.55. The number of hydrogen-bond acceptors (Lipinski definition) is 9. The van der Waals surface area contributed by atoms with Gasteiger partial charge < -0.3 is 23.4 Å². The maximum absolute atomic E-state index is 14.1. The highest BCUT2D eigenvalue weighted by Crippen LogP contribution is 2.51. The minimum Gasteiger partial charge on any atom is -0.459 e. The number of nitrogens with one attached hydrogen (secondary N) is 2. The molecular weight excluding hydrogens is 674 g/mol. The molecule has 0 spiro atoms. The molecule has 0 atom stereocenters. The van der Waals surface area contributed by atoms with E-state index in [1.807, 2.05) is 126 Å². The van der Waals surface area contributed by atoms with E-state index in [1.54, 1.807) is 12.1 Å². The first-order valence-electron chi connectivity index (χ1n) is 17.6. The molecule has 1 aromatic heterocycles. The lowest BCUT2D eigenvalue weighted by Gasteiger charge is -2.32. The highest BCUT2D eigenvalue weighted by molar-refractivity contribution is 5.89. The van der Waals surface area contributed by atoms with Crippen molar-refractivity contribution >= 4 is 16.9 Å². The van der Waals surface area contributed by atoms with Crippen LogP contribution in [0.5, 0.6) is 17.2 Å². The molecule has 2 N–H and O–H groups in total. The summed E-state index contributed by atoms with van der Waals surface area (Å²) < 4.78 is 31.0. The van der Waals surface area contributed by atoms with Crippen molar-refractivity contribution in [3.63, 3.8) is 0 Å². The minimum atomic E-state index is -1.30. The van der Waals surface area contributed by atoms with Crippen LogP contribution in [-0.4, -0.2) is 42.7 Å². The standard InChI is InChI=1S/C42H47N3O8/c1-40(2,3)52-44-39(43)45(53-41(4,5)6)26-14-15-28-20-22-29(23-21-28)35-38(48-27-47-7)34(46)32-24-25-33-37(36(32)49-35)51-42(50-33,30-16-10-8-11-17-30)31-18-12-9-13-19-31/h8-13,16-25H,14-15,26-27H2,1-7H3,(H2,43,44). The van der Waals surface area contributed by atoms with Crippen LogP contribution in [0, 0.1) is 5.41 Å². The fourth-order valence-electron chi connectivity index (χ4n) is 5.89. The van der Waals surface area contributed by atoms with Gasteiger partial charge in [-0.3, -0.25) is 19.9 Å². The fraction of sp³-hybridized carbons (Fsp3) is 0.333. The minimum absolute atomic E-state index is 0.0192. The van der Waals surface area contributed by atoms with Crippen LogP contribution >= 0.6 is 0 Å². The van der Waals surface area contributed by atoms with Crippen molar-refractivity contribution in [1.82, 2.24) is 10.5 Å². The number of benzene rings is 4. The second-order valence-corrected chi connectivity index (χ2v) is 14.7. The molecule has 5 aromatic rings. The zero-order valence-electron chi connectivity index (χ0n) is 31.3. The van der Waals surface area contributed by atoms with E-state index in [0.29, 0.717) is 36.4 Å². The first-order valence-corrected chi connectivity index (χ1v) is 17.6. The Bertz CT molecular complexity index is 2050. The van der Waals surface area contributed by atoms with Gasteiger partial charge in [-0.1, -0.05) is 84.9 Å². The van der Waals surface area contributed by atoms with E-state index in [1.165, 1.54) is 12.2 Å². The molecule has 2 heterocycles. The molecule has 4 aromatic carbocycles. The van der Waals surface area contributed by atoms with Gasteiger partial charge in [0.25, 0.3) is 0 Å². The SMILES string of the molecule is COCOc1c(-c2ccc(CCCN(OC(C)(C)C)C(=N)NOC(C)(C)C)cc2)oc2c3c(ccc2c1=O)OC(c1ccccc1)(c1ccccc1)O3. The van der Waals surface area contributed by atoms with Gasteiger partial charge in [0.15, 0.2) is 23.9 Å². The summed E-state index contributed by atoms with van der Waals surface area (Å²) in [6.07, 6.45) is 1.39. The summed E-state index contributed by atoms with van der Waals surface area (Å²) in [7, 11) is 1.49. The van der Waals surface area contributed by atoms with Gasteiger partial charge in [0.2, 0.25) is 22.9 Å². The zero-order chi connectivity index (χ0) is 37.8.